The van der Waals surface area contributed by atoms with Gasteiger partial charge in [0.2, 0.25) is 11.8 Å². The van der Waals surface area contributed by atoms with E-state index in [0.717, 1.165) is 13.1 Å². The van der Waals surface area contributed by atoms with Crippen molar-refractivity contribution in [1.29, 1.82) is 0 Å². The molecule has 7 nitrogen and oxygen atoms in total. The number of piperazine rings is 1. The highest BCUT2D eigenvalue weighted by Crippen LogP contribution is 2.19. The molecule has 2 aliphatic heterocycles. The van der Waals surface area contributed by atoms with E-state index in [4.69, 9.17) is 0 Å². The van der Waals surface area contributed by atoms with Gasteiger partial charge in [0.25, 0.3) is 5.91 Å². The van der Waals surface area contributed by atoms with Crippen molar-refractivity contribution in [3.05, 3.63) is 29.8 Å². The first-order chi connectivity index (χ1) is 11.5. The number of anilines is 1. The summed E-state index contributed by atoms with van der Waals surface area (Å²) in [4.78, 5) is 40.8. The first kappa shape index (κ1) is 16.4. The minimum absolute atomic E-state index is 0.0342. The van der Waals surface area contributed by atoms with Gasteiger partial charge in [-0.2, -0.15) is 0 Å². The molecule has 0 radical (unpaired) electrons. The van der Waals surface area contributed by atoms with Gasteiger partial charge in [0, 0.05) is 32.6 Å². The van der Waals surface area contributed by atoms with Crippen molar-refractivity contribution >= 4 is 23.4 Å². The number of carbonyl (C=O) groups excluding carboxylic acids is 3. The average molecular weight is 330 g/mol. The first-order valence-corrected chi connectivity index (χ1v) is 8.21. The Morgan fingerprint density at radius 3 is 2.62 bits per heavy atom. The lowest BCUT2D eigenvalue weighted by molar-refractivity contribution is -0.133. The fraction of sp³-hybridized carbons (Fsp3) is 0.471. The number of para-hydroxylation sites is 1. The summed E-state index contributed by atoms with van der Waals surface area (Å²) < 4.78 is 0. The van der Waals surface area contributed by atoms with E-state index in [-0.39, 0.29) is 24.1 Å². The molecule has 1 fully saturated rings. The highest BCUT2D eigenvalue weighted by molar-refractivity contribution is 6.09. The Bertz CT molecular complexity index is 653. The molecule has 1 atom stereocenters. The van der Waals surface area contributed by atoms with Gasteiger partial charge < -0.3 is 20.4 Å². The Balaban J connectivity index is 1.59. The molecule has 2 heterocycles. The second kappa shape index (κ2) is 7.00. The molecule has 0 bridgehead atoms. The molecule has 24 heavy (non-hydrogen) atoms. The monoisotopic (exact) mass is 330 g/mol. The predicted molar refractivity (Wildman–Crippen MR) is 89.6 cm³/mol. The number of rotatable bonds is 3. The molecule has 1 aromatic carbocycles. The fourth-order valence-corrected chi connectivity index (χ4v) is 3.00. The van der Waals surface area contributed by atoms with E-state index in [1.165, 1.54) is 0 Å². The number of benzene rings is 1. The van der Waals surface area contributed by atoms with Crippen LogP contribution in [-0.2, 0) is 9.59 Å². The first-order valence-electron chi connectivity index (χ1n) is 8.21. The highest BCUT2D eigenvalue weighted by atomic mass is 16.2. The molecule has 2 N–H and O–H groups in total. The zero-order valence-electron chi connectivity index (χ0n) is 13.7. The minimum atomic E-state index is -0.693. The van der Waals surface area contributed by atoms with Crippen LogP contribution in [-0.4, -0.2) is 66.8 Å². The summed E-state index contributed by atoms with van der Waals surface area (Å²) in [5.74, 6) is -0.535. The van der Waals surface area contributed by atoms with Gasteiger partial charge in [-0.25, -0.2) is 0 Å². The van der Waals surface area contributed by atoms with Crippen LogP contribution in [0.5, 0.6) is 0 Å². The Morgan fingerprint density at radius 1 is 1.17 bits per heavy atom. The van der Waals surface area contributed by atoms with E-state index in [0.29, 0.717) is 30.8 Å². The molecular formula is C17H22N4O3. The van der Waals surface area contributed by atoms with Crippen LogP contribution in [0.4, 0.5) is 5.69 Å². The lowest BCUT2D eigenvalue weighted by atomic mass is 10.1. The summed E-state index contributed by atoms with van der Waals surface area (Å²) in [7, 11) is 2.03. The van der Waals surface area contributed by atoms with Gasteiger partial charge in [0.15, 0.2) is 0 Å². The molecule has 0 unspecified atom stereocenters. The van der Waals surface area contributed by atoms with E-state index < -0.39 is 6.04 Å². The normalized spacial score (nSPS) is 21.5. The highest BCUT2D eigenvalue weighted by Gasteiger charge is 2.28. The number of fused-ring (bicyclic) bond motifs is 1. The lowest BCUT2D eigenvalue weighted by Crippen LogP contribution is -2.48. The third-order valence-corrected chi connectivity index (χ3v) is 4.55. The van der Waals surface area contributed by atoms with E-state index in [1.54, 1.807) is 24.3 Å². The fourth-order valence-electron chi connectivity index (χ4n) is 3.00. The van der Waals surface area contributed by atoms with E-state index >= 15 is 0 Å². The van der Waals surface area contributed by atoms with Crippen LogP contribution >= 0.6 is 0 Å². The van der Waals surface area contributed by atoms with Crippen molar-refractivity contribution in [1.82, 2.24) is 15.1 Å². The average Bonchev–Trinajstić information content (AvgIpc) is 2.70. The van der Waals surface area contributed by atoms with Crippen LogP contribution in [0.2, 0.25) is 0 Å². The summed E-state index contributed by atoms with van der Waals surface area (Å²) in [6, 6.07) is 6.19. The van der Waals surface area contributed by atoms with E-state index in [1.807, 2.05) is 11.9 Å². The Hall–Kier alpha value is -2.41. The van der Waals surface area contributed by atoms with Gasteiger partial charge in [-0.1, -0.05) is 12.1 Å². The van der Waals surface area contributed by atoms with Gasteiger partial charge in [0.1, 0.15) is 6.04 Å². The Morgan fingerprint density at radius 2 is 1.88 bits per heavy atom. The molecule has 3 rings (SSSR count). The number of nitrogens with one attached hydrogen (secondary N) is 2. The molecule has 0 aliphatic carbocycles. The molecule has 0 saturated carbocycles. The Labute approximate surface area is 141 Å². The number of nitrogens with zero attached hydrogens (tertiary/aromatic N) is 2. The summed E-state index contributed by atoms with van der Waals surface area (Å²) in [6.07, 6.45) is 0.551. The van der Waals surface area contributed by atoms with Gasteiger partial charge in [-0.3, -0.25) is 14.4 Å². The van der Waals surface area contributed by atoms with Crippen LogP contribution in [0.25, 0.3) is 0 Å². The SMILES string of the molecule is CN1CCN(C(=O)CC[C@@H]2NC(=O)c3ccccc3NC2=O)CC1. The van der Waals surface area contributed by atoms with E-state index in [9.17, 15) is 14.4 Å². The van der Waals surface area contributed by atoms with Crippen molar-refractivity contribution in [2.45, 2.75) is 18.9 Å². The second-order valence-electron chi connectivity index (χ2n) is 6.28. The molecule has 0 aromatic heterocycles. The molecular weight excluding hydrogens is 308 g/mol. The third-order valence-electron chi connectivity index (χ3n) is 4.55. The molecule has 3 amide bonds. The lowest BCUT2D eigenvalue weighted by Gasteiger charge is -2.32. The van der Waals surface area contributed by atoms with E-state index in [2.05, 4.69) is 15.5 Å². The predicted octanol–water partition coefficient (Wildman–Crippen LogP) is 0.291. The van der Waals surface area contributed by atoms with Crippen molar-refractivity contribution in [3.8, 4) is 0 Å². The van der Waals surface area contributed by atoms with Crippen LogP contribution in [0.3, 0.4) is 0 Å². The van der Waals surface area contributed by atoms with Crippen LogP contribution < -0.4 is 10.6 Å². The molecule has 1 saturated heterocycles. The number of hydrogen-bond acceptors (Lipinski definition) is 4. The molecule has 7 heteroatoms. The second-order valence-corrected chi connectivity index (χ2v) is 6.28. The number of amides is 3. The molecule has 2 aliphatic rings. The van der Waals surface area contributed by atoms with Gasteiger partial charge >= 0.3 is 0 Å². The van der Waals surface area contributed by atoms with Crippen LogP contribution in [0, 0.1) is 0 Å². The Kier molecular flexibility index (Phi) is 4.80. The number of hydrogen-bond donors (Lipinski definition) is 2. The molecule has 1 aromatic rings. The third kappa shape index (κ3) is 3.56. The topological polar surface area (TPSA) is 81.8 Å². The van der Waals surface area contributed by atoms with Crippen molar-refractivity contribution in [2.75, 3.05) is 38.5 Å². The van der Waals surface area contributed by atoms with Crippen LogP contribution in [0.15, 0.2) is 24.3 Å². The maximum absolute atomic E-state index is 12.3. The van der Waals surface area contributed by atoms with Crippen molar-refractivity contribution in [2.24, 2.45) is 0 Å². The maximum atomic E-state index is 12.3. The number of likely N-dealkylation sites (N-methyl/N-ethyl adjacent to an activating group) is 1. The maximum Gasteiger partial charge on any atom is 0.254 e. The molecule has 128 valence electrons. The summed E-state index contributed by atoms with van der Waals surface area (Å²) >= 11 is 0. The smallest absolute Gasteiger partial charge is 0.254 e. The van der Waals surface area contributed by atoms with Gasteiger partial charge in [-0.05, 0) is 25.6 Å². The summed E-state index contributed by atoms with van der Waals surface area (Å²) in [5.41, 5.74) is 0.951. The zero-order chi connectivity index (χ0) is 17.1. The minimum Gasteiger partial charge on any atom is -0.340 e. The van der Waals surface area contributed by atoms with Gasteiger partial charge in [0.05, 0.1) is 11.3 Å². The van der Waals surface area contributed by atoms with Gasteiger partial charge in [-0.15, -0.1) is 0 Å². The number of carbonyl (C=O) groups is 3. The van der Waals surface area contributed by atoms with Crippen molar-refractivity contribution < 1.29 is 14.4 Å². The molecule has 0 spiro atoms. The zero-order valence-corrected chi connectivity index (χ0v) is 13.7. The summed E-state index contributed by atoms with van der Waals surface area (Å²) in [6.45, 7) is 3.15. The standard InChI is InChI=1S/C17H22N4O3/c1-20-8-10-21(11-9-20)15(22)7-6-14-17(24)18-13-5-3-2-4-12(13)16(23)19-14/h2-5,14H,6-11H2,1H3,(H,18,24)(H,19,23)/t14-/m0/s1. The van der Waals surface area contributed by atoms with Crippen LogP contribution in [0.1, 0.15) is 23.2 Å². The summed E-state index contributed by atoms with van der Waals surface area (Å²) in [5, 5.41) is 5.48. The van der Waals surface area contributed by atoms with Crippen molar-refractivity contribution in [3.63, 3.8) is 0 Å². The largest absolute Gasteiger partial charge is 0.340 e. The quantitative estimate of drug-likeness (QED) is 0.835.